The number of likely N-dealkylation sites (N-methyl/N-ethyl adjacent to an activating group) is 1. The number of ether oxygens (including phenoxy) is 2. The molecule has 2 aliphatic heterocycles. The lowest BCUT2D eigenvalue weighted by Gasteiger charge is -2.35. The molecule has 0 spiro atoms. The van der Waals surface area contributed by atoms with Crippen molar-refractivity contribution >= 4 is 39.4 Å². The van der Waals surface area contributed by atoms with Crippen LogP contribution in [-0.4, -0.2) is 84.5 Å². The van der Waals surface area contributed by atoms with Crippen LogP contribution in [0, 0.1) is 18.6 Å². The Morgan fingerprint density at radius 1 is 1.20 bits per heavy atom. The van der Waals surface area contributed by atoms with Crippen LogP contribution < -0.4 is 20.1 Å². The van der Waals surface area contributed by atoms with Crippen LogP contribution in [0.25, 0.3) is 33.1 Å². The number of benzene rings is 1. The molecule has 18 heteroatoms. The number of hydrogen-bond donors (Lipinski definition) is 3. The van der Waals surface area contributed by atoms with E-state index < -0.39 is 64.2 Å². The molecule has 7 rings (SSSR count). The Hall–Kier alpha value is -5.39. The van der Waals surface area contributed by atoms with Crippen LogP contribution in [-0.2, 0) is 11.0 Å². The number of nitrogens with one attached hydrogen (secondary N) is 1. The highest BCUT2D eigenvalue weighted by molar-refractivity contribution is 6.02. The van der Waals surface area contributed by atoms with E-state index in [0.29, 0.717) is 12.8 Å². The molecule has 1 saturated heterocycles. The van der Waals surface area contributed by atoms with E-state index in [0.717, 1.165) is 12.4 Å². The first-order chi connectivity index (χ1) is 24.1. The number of alkyl halides is 3. The van der Waals surface area contributed by atoms with Gasteiger partial charge in [-0.05, 0) is 58.4 Å². The summed E-state index contributed by atoms with van der Waals surface area (Å²) < 4.78 is 87.7. The molecule has 268 valence electrons. The lowest BCUT2D eigenvalue weighted by Crippen LogP contribution is -2.40. The molecule has 6 heterocycles. The van der Waals surface area contributed by atoms with Crippen molar-refractivity contribution in [1.29, 1.82) is 0 Å². The van der Waals surface area contributed by atoms with E-state index in [1.54, 1.807) is 30.7 Å². The number of pyridine rings is 2. The number of halogens is 5. The van der Waals surface area contributed by atoms with E-state index in [1.165, 1.54) is 19.1 Å². The first-order valence-corrected chi connectivity index (χ1v) is 16.0. The van der Waals surface area contributed by atoms with Gasteiger partial charge in [0, 0.05) is 22.6 Å². The van der Waals surface area contributed by atoms with Crippen LogP contribution in [0.1, 0.15) is 49.4 Å². The fraction of sp³-hybridized carbons (Fsp3) is 0.394. The fourth-order valence-corrected chi connectivity index (χ4v) is 7.15. The van der Waals surface area contributed by atoms with Gasteiger partial charge in [-0.2, -0.15) is 28.2 Å². The summed E-state index contributed by atoms with van der Waals surface area (Å²) in [6.45, 7) is 4.54. The van der Waals surface area contributed by atoms with Crippen molar-refractivity contribution in [1.82, 2.24) is 35.0 Å². The second-order valence-electron chi connectivity index (χ2n) is 12.8. The van der Waals surface area contributed by atoms with Crippen molar-refractivity contribution < 1.29 is 41.3 Å². The Morgan fingerprint density at radius 2 is 1.96 bits per heavy atom. The zero-order chi connectivity index (χ0) is 36.5. The molecule has 51 heavy (non-hydrogen) atoms. The van der Waals surface area contributed by atoms with Gasteiger partial charge in [-0.1, -0.05) is 0 Å². The summed E-state index contributed by atoms with van der Waals surface area (Å²) in [5, 5.41) is 16.0. The average Bonchev–Trinajstić information content (AvgIpc) is 3.66. The smallest absolute Gasteiger partial charge is 0.417 e. The van der Waals surface area contributed by atoms with Crippen LogP contribution in [0.3, 0.4) is 0 Å². The number of hydrogen-bond acceptors (Lipinski definition) is 11. The van der Waals surface area contributed by atoms with Gasteiger partial charge in [0.25, 0.3) is 0 Å². The molecule has 1 fully saturated rings. The molecule has 2 aliphatic rings. The molecular weight excluding hydrogens is 681 g/mol. The molecule has 0 saturated carbocycles. The predicted octanol–water partition coefficient (Wildman–Crippen LogP) is 5.43. The molecule has 1 aromatic carbocycles. The fourth-order valence-electron chi connectivity index (χ4n) is 7.15. The van der Waals surface area contributed by atoms with Crippen molar-refractivity contribution in [3.05, 3.63) is 52.9 Å². The van der Waals surface area contributed by atoms with Crippen LogP contribution in [0.2, 0.25) is 0 Å². The summed E-state index contributed by atoms with van der Waals surface area (Å²) in [7, 11) is 1.65. The van der Waals surface area contributed by atoms with Gasteiger partial charge < -0.3 is 25.2 Å². The molecule has 4 N–H and O–H groups in total. The summed E-state index contributed by atoms with van der Waals surface area (Å²) in [5.41, 5.74) is 3.70. The van der Waals surface area contributed by atoms with Crippen LogP contribution in [0.15, 0.2) is 24.5 Å². The minimum atomic E-state index is -4.91. The first-order valence-electron chi connectivity index (χ1n) is 16.0. The number of aromatic amines is 1. The number of aromatic nitrogens is 6. The normalized spacial score (nSPS) is 20.1. The molecule has 0 amide bonds. The second kappa shape index (κ2) is 12.4. The molecule has 0 bridgehead atoms. The Bertz CT molecular complexity index is 2200. The van der Waals surface area contributed by atoms with Gasteiger partial charge in [0.1, 0.15) is 53.3 Å². The van der Waals surface area contributed by atoms with Gasteiger partial charge in [0.05, 0.1) is 35.6 Å². The number of nitrogens with two attached hydrogens (primary N) is 1. The summed E-state index contributed by atoms with van der Waals surface area (Å²) in [4.78, 5) is 32.3. The SMILES string of the molecule is Cc1cc2[nH]ncc2c(-c2nc3c4c(nc(OCC5CCC(C(=O)O)N5C)nc4c2F)N(C(C)c2cc(F)cnc2N)[C@@H](C)CO3)c1C(F)(F)F. The standard InChI is InChI=1S/C33H32F5N9O4/c1-13-7-20-19(10-41-45-20)22(24(13)33(36,37)38)26-25(35)27-23-29(44-32(43-27)51-12-17-5-6-21(31(48)49)46(17)4)47(14(2)11-50-30(23)42-26)15(3)18-8-16(34)9-40-28(18)39/h7-10,14-15,17,21H,5-6,11-12H2,1-4H3,(H2,39,40)(H,41,45)(H,48,49)/t14-,15?,17?,21?/m0/s1. The van der Waals surface area contributed by atoms with Crippen molar-refractivity contribution in [3.63, 3.8) is 0 Å². The van der Waals surface area contributed by atoms with Gasteiger partial charge in [-0.15, -0.1) is 0 Å². The number of rotatable bonds is 7. The maximum Gasteiger partial charge on any atom is 0.417 e. The molecule has 3 unspecified atom stereocenters. The van der Waals surface area contributed by atoms with Gasteiger partial charge in [-0.25, -0.2) is 18.7 Å². The minimum absolute atomic E-state index is 0.0276. The van der Waals surface area contributed by atoms with Gasteiger partial charge in [-0.3, -0.25) is 14.8 Å². The average molecular weight is 714 g/mol. The summed E-state index contributed by atoms with van der Waals surface area (Å²) >= 11 is 0. The van der Waals surface area contributed by atoms with E-state index in [-0.39, 0.29) is 70.2 Å². The highest BCUT2D eigenvalue weighted by Crippen LogP contribution is 2.47. The van der Waals surface area contributed by atoms with E-state index in [1.807, 2.05) is 0 Å². The second-order valence-corrected chi connectivity index (χ2v) is 12.8. The van der Waals surface area contributed by atoms with Crippen molar-refractivity contribution in [2.75, 3.05) is 30.9 Å². The third-order valence-electron chi connectivity index (χ3n) is 9.67. The van der Waals surface area contributed by atoms with Crippen LogP contribution in [0.5, 0.6) is 11.9 Å². The summed E-state index contributed by atoms with van der Waals surface area (Å²) in [6.07, 6.45) is -1.92. The Labute approximate surface area is 286 Å². The summed E-state index contributed by atoms with van der Waals surface area (Å²) in [6, 6.07) is -0.257. The Morgan fingerprint density at radius 3 is 2.67 bits per heavy atom. The Balaban J connectivity index is 1.46. The number of aryl methyl sites for hydroxylation is 1. The maximum absolute atomic E-state index is 17.1. The van der Waals surface area contributed by atoms with Gasteiger partial charge >= 0.3 is 18.2 Å². The van der Waals surface area contributed by atoms with E-state index in [9.17, 15) is 27.5 Å². The number of aliphatic carboxylic acids is 1. The number of likely N-dealkylation sites (tertiary alicyclic amines) is 1. The molecule has 13 nitrogen and oxygen atoms in total. The number of H-pyrrole nitrogens is 1. The minimum Gasteiger partial charge on any atom is -0.480 e. The quantitative estimate of drug-likeness (QED) is 0.183. The number of carbonyl (C=O) groups is 1. The lowest BCUT2D eigenvalue weighted by atomic mass is 9.94. The monoisotopic (exact) mass is 713 g/mol. The number of carboxylic acids is 1. The van der Waals surface area contributed by atoms with Crippen molar-refractivity contribution in [3.8, 4) is 23.1 Å². The Kier molecular flexibility index (Phi) is 8.31. The molecule has 4 aromatic heterocycles. The number of fused-ring (bicyclic) bond motifs is 1. The molecule has 0 radical (unpaired) electrons. The molecule has 5 aromatic rings. The highest BCUT2D eigenvalue weighted by Gasteiger charge is 2.41. The van der Waals surface area contributed by atoms with Crippen LogP contribution >= 0.6 is 0 Å². The highest BCUT2D eigenvalue weighted by atomic mass is 19.4. The predicted molar refractivity (Wildman–Crippen MR) is 174 cm³/mol. The third kappa shape index (κ3) is 5.76. The first kappa shape index (κ1) is 34.1. The van der Waals surface area contributed by atoms with E-state index in [2.05, 4.69) is 30.1 Å². The van der Waals surface area contributed by atoms with Crippen molar-refractivity contribution in [2.24, 2.45) is 0 Å². The van der Waals surface area contributed by atoms with Crippen molar-refractivity contribution in [2.45, 2.75) is 64.0 Å². The van der Waals surface area contributed by atoms with E-state index in [4.69, 9.17) is 15.2 Å². The zero-order valence-electron chi connectivity index (χ0n) is 27.7. The third-order valence-corrected chi connectivity index (χ3v) is 9.67. The van der Waals surface area contributed by atoms with Gasteiger partial charge in [0.15, 0.2) is 5.82 Å². The molecular formula is C33H32F5N9O4. The maximum atomic E-state index is 17.1. The number of carboxylic acid groups (broad SMARTS) is 1. The van der Waals surface area contributed by atoms with Gasteiger partial charge in [0.2, 0.25) is 5.88 Å². The number of nitrogen functional groups attached to an aromatic ring is 1. The topological polar surface area (TPSA) is 168 Å². The lowest BCUT2D eigenvalue weighted by molar-refractivity contribution is -0.142. The van der Waals surface area contributed by atoms with Crippen LogP contribution in [0.4, 0.5) is 33.6 Å². The number of nitrogens with zero attached hydrogens (tertiary/aromatic N) is 7. The largest absolute Gasteiger partial charge is 0.480 e. The zero-order valence-corrected chi connectivity index (χ0v) is 27.7. The summed E-state index contributed by atoms with van der Waals surface area (Å²) in [5.74, 6) is -3.00. The molecule has 4 atom stereocenters. The van der Waals surface area contributed by atoms with E-state index >= 15 is 4.39 Å². The molecule has 0 aliphatic carbocycles. The number of anilines is 2.